The average Bonchev–Trinajstić information content (AvgIpc) is 3.18. The lowest BCUT2D eigenvalue weighted by molar-refractivity contribution is -0.157. The molecule has 0 unspecified atom stereocenters. The molecule has 0 spiro atoms. The van der Waals surface area contributed by atoms with Crippen LogP contribution in [-0.4, -0.2) is 24.8 Å². The number of anilines is 1. The topological polar surface area (TPSA) is 73.9 Å². The van der Waals surface area contributed by atoms with Crippen molar-refractivity contribution in [2.75, 3.05) is 12.1 Å². The molecule has 118 valence electrons. The maximum absolute atomic E-state index is 12.1. The summed E-state index contributed by atoms with van der Waals surface area (Å²) in [5.41, 5.74) is 0.581. The lowest BCUT2D eigenvalue weighted by Crippen LogP contribution is -2.31. The van der Waals surface area contributed by atoms with Gasteiger partial charge in [0.25, 0.3) is 5.91 Å². The zero-order valence-electron chi connectivity index (χ0n) is 12.5. The van der Waals surface area contributed by atoms with Crippen LogP contribution in [0, 0.1) is 5.92 Å². The van der Waals surface area contributed by atoms with E-state index in [1.54, 1.807) is 25.1 Å². The van der Waals surface area contributed by atoms with Gasteiger partial charge in [0, 0.05) is 11.8 Å². The van der Waals surface area contributed by atoms with E-state index < -0.39 is 6.10 Å². The van der Waals surface area contributed by atoms with Gasteiger partial charge in [-0.15, -0.1) is 0 Å². The maximum atomic E-state index is 12.1. The molecule has 1 fully saturated rings. The van der Waals surface area contributed by atoms with Crippen molar-refractivity contribution >= 4 is 17.6 Å². The van der Waals surface area contributed by atoms with E-state index >= 15 is 0 Å². The van der Waals surface area contributed by atoms with Crippen LogP contribution in [-0.2, 0) is 14.3 Å². The van der Waals surface area contributed by atoms with Gasteiger partial charge in [-0.1, -0.05) is 12.8 Å². The standard InChI is InChI=1S/C16H19NO5/c1-10(22-16(19)11-4-2-3-5-11)15(18)17-12-6-7-13-14(8-12)21-9-20-13/h6-8,10-11H,2-5,9H2,1H3,(H,17,18)/t10-/m0/s1. The molecule has 1 aromatic rings. The van der Waals surface area contributed by atoms with Gasteiger partial charge in [0.15, 0.2) is 17.6 Å². The molecule has 1 aliphatic carbocycles. The highest BCUT2D eigenvalue weighted by molar-refractivity contribution is 5.95. The molecule has 0 radical (unpaired) electrons. The lowest BCUT2D eigenvalue weighted by Gasteiger charge is -2.16. The van der Waals surface area contributed by atoms with E-state index in [0.717, 1.165) is 25.7 Å². The third-order valence-electron chi connectivity index (χ3n) is 3.99. The van der Waals surface area contributed by atoms with Crippen LogP contribution in [0.4, 0.5) is 5.69 Å². The first-order chi connectivity index (χ1) is 10.6. The maximum Gasteiger partial charge on any atom is 0.309 e. The number of carbonyl (C=O) groups is 2. The molecule has 1 aliphatic heterocycles. The van der Waals surface area contributed by atoms with Gasteiger partial charge in [-0.3, -0.25) is 9.59 Å². The highest BCUT2D eigenvalue weighted by Crippen LogP contribution is 2.34. The molecule has 1 saturated carbocycles. The molecule has 1 heterocycles. The van der Waals surface area contributed by atoms with Gasteiger partial charge in [0.1, 0.15) is 0 Å². The third-order valence-corrected chi connectivity index (χ3v) is 3.99. The molecule has 3 rings (SSSR count). The molecule has 22 heavy (non-hydrogen) atoms. The van der Waals surface area contributed by atoms with Gasteiger partial charge >= 0.3 is 5.97 Å². The van der Waals surface area contributed by atoms with Crippen LogP contribution < -0.4 is 14.8 Å². The Hall–Kier alpha value is -2.24. The lowest BCUT2D eigenvalue weighted by atomic mass is 10.1. The monoisotopic (exact) mass is 305 g/mol. The van der Waals surface area contributed by atoms with E-state index in [2.05, 4.69) is 5.32 Å². The van der Waals surface area contributed by atoms with Crippen molar-refractivity contribution in [1.29, 1.82) is 0 Å². The van der Waals surface area contributed by atoms with E-state index in [1.807, 2.05) is 0 Å². The fourth-order valence-corrected chi connectivity index (χ4v) is 2.70. The molecule has 0 bridgehead atoms. The smallest absolute Gasteiger partial charge is 0.309 e. The number of fused-ring (bicyclic) bond motifs is 1. The van der Waals surface area contributed by atoms with E-state index in [9.17, 15) is 9.59 Å². The van der Waals surface area contributed by atoms with Crippen molar-refractivity contribution in [2.24, 2.45) is 5.92 Å². The minimum atomic E-state index is -0.821. The van der Waals surface area contributed by atoms with E-state index in [4.69, 9.17) is 14.2 Å². The molecule has 0 aromatic heterocycles. The van der Waals surface area contributed by atoms with Gasteiger partial charge in [0.2, 0.25) is 6.79 Å². The van der Waals surface area contributed by atoms with Gasteiger partial charge in [-0.05, 0) is 31.9 Å². The highest BCUT2D eigenvalue weighted by Gasteiger charge is 2.27. The van der Waals surface area contributed by atoms with Crippen molar-refractivity contribution in [3.05, 3.63) is 18.2 Å². The third kappa shape index (κ3) is 3.16. The summed E-state index contributed by atoms with van der Waals surface area (Å²) >= 11 is 0. The minimum absolute atomic E-state index is 0.0548. The van der Waals surface area contributed by atoms with Crippen LogP contribution in [0.15, 0.2) is 18.2 Å². The number of hydrogen-bond donors (Lipinski definition) is 1. The summed E-state index contributed by atoms with van der Waals surface area (Å²) in [5, 5.41) is 2.72. The number of ether oxygens (including phenoxy) is 3. The molecular formula is C16H19NO5. The molecule has 6 nitrogen and oxygen atoms in total. The van der Waals surface area contributed by atoms with Gasteiger partial charge in [0.05, 0.1) is 5.92 Å². The SMILES string of the molecule is C[C@H](OC(=O)C1CCCC1)C(=O)Nc1ccc2c(c1)OCO2. The summed E-state index contributed by atoms with van der Waals surface area (Å²) in [6.45, 7) is 1.76. The summed E-state index contributed by atoms with van der Waals surface area (Å²) in [5.74, 6) is 0.559. The number of benzene rings is 1. The molecule has 2 aliphatic rings. The summed E-state index contributed by atoms with van der Waals surface area (Å²) < 4.78 is 15.7. The number of hydrogen-bond acceptors (Lipinski definition) is 5. The fraction of sp³-hybridized carbons (Fsp3) is 0.500. The predicted octanol–water partition coefficient (Wildman–Crippen LogP) is 2.48. The number of nitrogens with one attached hydrogen (secondary N) is 1. The Morgan fingerprint density at radius 1 is 1.23 bits per heavy atom. The average molecular weight is 305 g/mol. The van der Waals surface area contributed by atoms with E-state index in [0.29, 0.717) is 17.2 Å². The van der Waals surface area contributed by atoms with Crippen LogP contribution >= 0.6 is 0 Å². The first-order valence-electron chi connectivity index (χ1n) is 7.54. The second-order valence-electron chi connectivity index (χ2n) is 5.62. The zero-order chi connectivity index (χ0) is 15.5. The van der Waals surface area contributed by atoms with Crippen LogP contribution in [0.3, 0.4) is 0 Å². The number of amides is 1. The number of carbonyl (C=O) groups excluding carboxylic acids is 2. The highest BCUT2D eigenvalue weighted by atomic mass is 16.7. The fourth-order valence-electron chi connectivity index (χ4n) is 2.70. The number of esters is 1. The summed E-state index contributed by atoms with van der Waals surface area (Å²) in [7, 11) is 0. The molecule has 1 N–H and O–H groups in total. The molecular weight excluding hydrogens is 286 g/mol. The second kappa shape index (κ2) is 6.25. The molecule has 1 atom stereocenters. The van der Waals surface area contributed by atoms with Crippen molar-refractivity contribution in [3.8, 4) is 11.5 Å². The summed E-state index contributed by atoms with van der Waals surface area (Å²) in [4.78, 5) is 24.0. The van der Waals surface area contributed by atoms with Crippen LogP contribution in [0.25, 0.3) is 0 Å². The minimum Gasteiger partial charge on any atom is -0.454 e. The van der Waals surface area contributed by atoms with Gasteiger partial charge < -0.3 is 19.5 Å². The Morgan fingerprint density at radius 2 is 1.95 bits per heavy atom. The predicted molar refractivity (Wildman–Crippen MR) is 78.7 cm³/mol. The summed E-state index contributed by atoms with van der Waals surface area (Å²) in [6, 6.07) is 5.13. The Kier molecular flexibility index (Phi) is 4.18. The Labute approximate surface area is 128 Å². The molecule has 1 amide bonds. The Balaban J connectivity index is 1.55. The summed E-state index contributed by atoms with van der Waals surface area (Å²) in [6.07, 6.45) is 3.00. The Morgan fingerprint density at radius 3 is 2.73 bits per heavy atom. The van der Waals surface area contributed by atoms with E-state index in [1.165, 1.54) is 0 Å². The molecule has 6 heteroatoms. The van der Waals surface area contributed by atoms with Crippen LogP contribution in [0.2, 0.25) is 0 Å². The van der Waals surface area contributed by atoms with Gasteiger partial charge in [-0.2, -0.15) is 0 Å². The molecule has 1 aromatic carbocycles. The number of rotatable bonds is 4. The van der Waals surface area contributed by atoms with Crippen LogP contribution in [0.5, 0.6) is 11.5 Å². The van der Waals surface area contributed by atoms with Crippen LogP contribution in [0.1, 0.15) is 32.6 Å². The quantitative estimate of drug-likeness (QED) is 0.865. The van der Waals surface area contributed by atoms with Crippen molar-refractivity contribution in [1.82, 2.24) is 0 Å². The van der Waals surface area contributed by atoms with E-state index in [-0.39, 0.29) is 24.6 Å². The van der Waals surface area contributed by atoms with Crippen molar-refractivity contribution in [2.45, 2.75) is 38.7 Å². The second-order valence-corrected chi connectivity index (χ2v) is 5.62. The Bertz CT molecular complexity index is 580. The largest absolute Gasteiger partial charge is 0.454 e. The van der Waals surface area contributed by atoms with Crippen molar-refractivity contribution < 1.29 is 23.8 Å². The zero-order valence-corrected chi connectivity index (χ0v) is 12.5. The normalized spacial score (nSPS) is 18.0. The van der Waals surface area contributed by atoms with Crippen molar-refractivity contribution in [3.63, 3.8) is 0 Å². The first kappa shape index (κ1) is 14.7. The molecule has 0 saturated heterocycles. The van der Waals surface area contributed by atoms with Gasteiger partial charge in [-0.25, -0.2) is 0 Å². The first-order valence-corrected chi connectivity index (χ1v) is 7.54.